The Morgan fingerprint density at radius 2 is 2.00 bits per heavy atom. The van der Waals surface area contributed by atoms with Gasteiger partial charge in [0.1, 0.15) is 11.5 Å². The van der Waals surface area contributed by atoms with Crippen LogP contribution in [0.1, 0.15) is 62.3 Å². The molecule has 4 atom stereocenters. The van der Waals surface area contributed by atoms with Crippen LogP contribution in [0, 0.1) is 11.3 Å². The Kier molecular flexibility index (Phi) is 10.5. The summed E-state index contributed by atoms with van der Waals surface area (Å²) in [6.07, 6.45) is 8.39. The van der Waals surface area contributed by atoms with Crippen molar-refractivity contribution in [1.82, 2.24) is 10.2 Å². The van der Waals surface area contributed by atoms with Crippen LogP contribution in [-0.2, 0) is 41.7 Å². The lowest BCUT2D eigenvalue weighted by Gasteiger charge is -2.51. The number of nitrogens with one attached hydrogen (secondary N) is 1. The molecule has 0 saturated carbocycles. The summed E-state index contributed by atoms with van der Waals surface area (Å²) in [5.74, 6) is -1.48. The highest BCUT2D eigenvalue weighted by Crippen LogP contribution is 2.50. The van der Waals surface area contributed by atoms with E-state index in [0.717, 1.165) is 36.1 Å². The Balaban J connectivity index is 1.40. The Morgan fingerprint density at radius 1 is 1.16 bits per heavy atom. The number of piperidine rings is 1. The van der Waals surface area contributed by atoms with E-state index in [9.17, 15) is 14.4 Å². The SMILES string of the molecule is COC(=O)[C@]12C[C@H](CC(=O)NCc3cccs3)C(=O)N(CCC3=CCCCC3)C1=C[C@H](COCc1ccccc1)O[C@@H]2C. The number of fused-ring (bicyclic) bond motifs is 1. The molecule has 1 N–H and O–H groups in total. The smallest absolute Gasteiger partial charge is 0.320 e. The molecule has 2 aromatic rings. The first-order valence-corrected chi connectivity index (χ1v) is 16.1. The van der Waals surface area contributed by atoms with Gasteiger partial charge in [0.05, 0.1) is 33.0 Å². The van der Waals surface area contributed by atoms with Gasteiger partial charge in [-0.15, -0.1) is 11.3 Å². The fourth-order valence-corrected chi connectivity index (χ4v) is 7.17. The summed E-state index contributed by atoms with van der Waals surface area (Å²) in [5.41, 5.74) is 1.79. The number of nitrogens with zero attached hydrogens (tertiary/aromatic N) is 1. The van der Waals surface area contributed by atoms with Gasteiger partial charge in [0, 0.05) is 29.5 Å². The molecule has 1 fully saturated rings. The predicted octanol–water partition coefficient (Wildman–Crippen LogP) is 5.54. The van der Waals surface area contributed by atoms with Crippen molar-refractivity contribution in [3.63, 3.8) is 0 Å². The molecule has 43 heavy (non-hydrogen) atoms. The van der Waals surface area contributed by atoms with E-state index in [0.29, 0.717) is 25.4 Å². The molecule has 5 rings (SSSR count). The van der Waals surface area contributed by atoms with Crippen molar-refractivity contribution in [2.45, 2.75) is 77.2 Å². The largest absolute Gasteiger partial charge is 0.468 e. The van der Waals surface area contributed by atoms with E-state index in [4.69, 9.17) is 14.2 Å². The lowest BCUT2D eigenvalue weighted by molar-refractivity contribution is -0.178. The van der Waals surface area contributed by atoms with Crippen LogP contribution < -0.4 is 5.32 Å². The number of ether oxygens (including phenoxy) is 3. The van der Waals surface area contributed by atoms with Gasteiger partial charge in [0.15, 0.2) is 0 Å². The molecule has 8 nitrogen and oxygen atoms in total. The van der Waals surface area contributed by atoms with E-state index in [1.807, 2.05) is 60.8 Å². The zero-order chi connectivity index (χ0) is 30.2. The van der Waals surface area contributed by atoms with Crippen LogP contribution in [0.15, 0.2) is 71.3 Å². The summed E-state index contributed by atoms with van der Waals surface area (Å²) in [7, 11) is 1.37. The van der Waals surface area contributed by atoms with Crippen LogP contribution in [-0.4, -0.2) is 55.2 Å². The summed E-state index contributed by atoms with van der Waals surface area (Å²) in [5, 5.41) is 4.91. The molecule has 0 radical (unpaired) electrons. The normalized spacial score (nSPS) is 25.4. The first kappa shape index (κ1) is 31.2. The molecule has 0 unspecified atom stereocenters. The van der Waals surface area contributed by atoms with Crippen LogP contribution in [0.4, 0.5) is 0 Å². The van der Waals surface area contributed by atoms with Crippen LogP contribution in [0.2, 0.25) is 0 Å². The van der Waals surface area contributed by atoms with E-state index < -0.39 is 29.5 Å². The van der Waals surface area contributed by atoms with Crippen molar-refractivity contribution >= 4 is 29.1 Å². The van der Waals surface area contributed by atoms with E-state index in [1.165, 1.54) is 19.1 Å². The maximum Gasteiger partial charge on any atom is 0.320 e. The van der Waals surface area contributed by atoms with Crippen molar-refractivity contribution in [1.29, 1.82) is 0 Å². The molecular weight excluding hydrogens is 564 g/mol. The zero-order valence-corrected chi connectivity index (χ0v) is 25.9. The summed E-state index contributed by atoms with van der Waals surface area (Å²) >= 11 is 1.57. The maximum atomic E-state index is 14.2. The number of hydrogen-bond donors (Lipinski definition) is 1. The standard InChI is InChI=1S/C34H42N2O6S/c1-24-34(33(39)40-2)20-27(18-31(37)35-21-29-14-9-17-43-29)32(38)36(16-15-25-10-5-3-6-11-25)30(34)19-28(42-24)23-41-22-26-12-7-4-8-13-26/h4,7-10,12-14,17,19,24,27-28H,3,5-6,11,15-16,18,20-23H2,1-2H3,(H,35,37)/t24-,27+,28-,34+/m1/s1. The van der Waals surface area contributed by atoms with Gasteiger partial charge in [-0.2, -0.15) is 0 Å². The molecule has 0 spiro atoms. The average molecular weight is 607 g/mol. The molecule has 1 aromatic carbocycles. The number of methoxy groups -OCH3 is 1. The quantitative estimate of drug-likeness (QED) is 0.252. The van der Waals surface area contributed by atoms with Gasteiger partial charge in [0.25, 0.3) is 0 Å². The molecule has 1 aliphatic carbocycles. The third-order valence-corrected chi connectivity index (χ3v) is 9.68. The summed E-state index contributed by atoms with van der Waals surface area (Å²) in [6.45, 7) is 3.42. The van der Waals surface area contributed by atoms with Gasteiger partial charge in [-0.3, -0.25) is 14.4 Å². The lowest BCUT2D eigenvalue weighted by atomic mass is 9.66. The number of benzene rings is 1. The number of thiophene rings is 1. The second-order valence-electron chi connectivity index (χ2n) is 11.6. The van der Waals surface area contributed by atoms with Gasteiger partial charge in [-0.1, -0.05) is 48.0 Å². The fourth-order valence-electron chi connectivity index (χ4n) is 6.53. The van der Waals surface area contributed by atoms with Crippen LogP contribution in [0.25, 0.3) is 0 Å². The minimum Gasteiger partial charge on any atom is -0.468 e. The van der Waals surface area contributed by atoms with Crippen molar-refractivity contribution in [3.8, 4) is 0 Å². The lowest BCUT2D eigenvalue weighted by Crippen LogP contribution is -2.60. The minimum atomic E-state index is -1.21. The monoisotopic (exact) mass is 606 g/mol. The van der Waals surface area contributed by atoms with Crippen molar-refractivity contribution in [3.05, 3.63) is 81.7 Å². The Bertz CT molecular complexity index is 1320. The van der Waals surface area contributed by atoms with Crippen LogP contribution >= 0.6 is 11.3 Å². The number of esters is 1. The summed E-state index contributed by atoms with van der Waals surface area (Å²) < 4.78 is 17.8. The van der Waals surface area contributed by atoms with Crippen LogP contribution in [0.5, 0.6) is 0 Å². The minimum absolute atomic E-state index is 0.00817. The van der Waals surface area contributed by atoms with Gasteiger partial charge >= 0.3 is 5.97 Å². The molecule has 3 aliphatic rings. The zero-order valence-electron chi connectivity index (χ0n) is 25.1. The molecule has 1 saturated heterocycles. The number of allylic oxidation sites excluding steroid dienone is 1. The van der Waals surface area contributed by atoms with Gasteiger partial charge < -0.3 is 24.4 Å². The number of hydrogen-bond acceptors (Lipinski definition) is 7. The molecule has 2 aliphatic heterocycles. The van der Waals surface area contributed by atoms with Crippen molar-refractivity contribution < 1.29 is 28.6 Å². The molecule has 3 heterocycles. The number of likely N-dealkylation sites (tertiary alicyclic amines) is 1. The van der Waals surface area contributed by atoms with E-state index in [-0.39, 0.29) is 31.3 Å². The summed E-state index contributed by atoms with van der Waals surface area (Å²) in [4.78, 5) is 43.7. The first-order valence-electron chi connectivity index (χ1n) is 15.3. The van der Waals surface area contributed by atoms with Crippen molar-refractivity contribution in [2.24, 2.45) is 11.3 Å². The third-order valence-electron chi connectivity index (χ3n) is 8.80. The van der Waals surface area contributed by atoms with Gasteiger partial charge in [0.2, 0.25) is 11.8 Å². The Labute approximate surface area is 258 Å². The number of carbonyl (C=O) groups is 3. The molecule has 9 heteroatoms. The maximum absolute atomic E-state index is 14.2. The molecule has 0 bridgehead atoms. The molecule has 2 amide bonds. The average Bonchev–Trinajstić information content (AvgIpc) is 3.55. The predicted molar refractivity (Wildman–Crippen MR) is 165 cm³/mol. The second-order valence-corrected chi connectivity index (χ2v) is 12.7. The second kappa shape index (κ2) is 14.5. The molecular formula is C34H42N2O6S. The van der Waals surface area contributed by atoms with Gasteiger partial charge in [-0.05, 0) is 68.5 Å². The number of rotatable bonds is 12. The Hall–Kier alpha value is -3.27. The summed E-state index contributed by atoms with van der Waals surface area (Å²) in [6, 6.07) is 13.8. The Morgan fingerprint density at radius 3 is 2.72 bits per heavy atom. The van der Waals surface area contributed by atoms with Crippen LogP contribution in [0.3, 0.4) is 0 Å². The highest BCUT2D eigenvalue weighted by Gasteiger charge is 2.59. The fraction of sp³-hybridized carbons (Fsp3) is 0.500. The number of amides is 2. The van der Waals surface area contributed by atoms with Gasteiger partial charge in [-0.25, -0.2) is 0 Å². The highest BCUT2D eigenvalue weighted by molar-refractivity contribution is 7.09. The van der Waals surface area contributed by atoms with E-state index in [2.05, 4.69) is 11.4 Å². The van der Waals surface area contributed by atoms with Crippen molar-refractivity contribution in [2.75, 3.05) is 20.3 Å². The number of carbonyl (C=O) groups excluding carboxylic acids is 3. The van der Waals surface area contributed by atoms with E-state index in [1.54, 1.807) is 16.2 Å². The highest BCUT2D eigenvalue weighted by atomic mass is 32.1. The molecule has 230 valence electrons. The molecule has 1 aromatic heterocycles. The third kappa shape index (κ3) is 7.28. The van der Waals surface area contributed by atoms with E-state index >= 15 is 0 Å². The first-order chi connectivity index (χ1) is 20.9. The topological polar surface area (TPSA) is 94.2 Å².